The third-order valence-electron chi connectivity index (χ3n) is 2.06. The highest BCUT2D eigenvalue weighted by Gasteiger charge is 2.19. The molecule has 0 radical (unpaired) electrons. The summed E-state index contributed by atoms with van der Waals surface area (Å²) in [7, 11) is 2.82. The number of hydrogen-bond donors (Lipinski definition) is 1. The maximum Gasteiger partial charge on any atom is 0.236 e. The third-order valence-corrected chi connectivity index (χ3v) is 3.61. The van der Waals surface area contributed by atoms with Gasteiger partial charge in [0.1, 0.15) is 0 Å². The minimum absolute atomic E-state index is 0.195. The molecule has 0 unspecified atom stereocenters. The summed E-state index contributed by atoms with van der Waals surface area (Å²) in [6.07, 6.45) is 0. The van der Waals surface area contributed by atoms with Gasteiger partial charge in [-0.2, -0.15) is 0 Å². The second-order valence-corrected chi connectivity index (χ2v) is 6.85. The predicted octanol–water partition coefficient (Wildman–Crippen LogP) is 2.54. The van der Waals surface area contributed by atoms with Crippen LogP contribution in [-0.4, -0.2) is 20.6 Å². The van der Waals surface area contributed by atoms with E-state index in [9.17, 15) is 13.5 Å². The SMILES string of the molecule is COc1c(Br)cc(C)c(CS(=O)(=O)Cl)c1O. The molecule has 0 bridgehead atoms. The Morgan fingerprint density at radius 1 is 1.56 bits per heavy atom. The van der Waals surface area contributed by atoms with Crippen LogP contribution in [0.5, 0.6) is 11.5 Å². The normalized spacial score (nSPS) is 11.5. The summed E-state index contributed by atoms with van der Waals surface area (Å²) in [4.78, 5) is 0. The zero-order valence-corrected chi connectivity index (χ0v) is 11.8. The zero-order valence-electron chi connectivity index (χ0n) is 8.62. The summed E-state index contributed by atoms with van der Waals surface area (Å²) in [6, 6.07) is 1.66. The van der Waals surface area contributed by atoms with E-state index in [0.29, 0.717) is 10.0 Å². The molecule has 1 N–H and O–H groups in total. The largest absolute Gasteiger partial charge is 0.504 e. The van der Waals surface area contributed by atoms with Gasteiger partial charge in [0.15, 0.2) is 11.5 Å². The van der Waals surface area contributed by atoms with Gasteiger partial charge in [0, 0.05) is 16.2 Å². The quantitative estimate of drug-likeness (QED) is 0.866. The summed E-state index contributed by atoms with van der Waals surface area (Å²) in [5.74, 6) is -0.449. The van der Waals surface area contributed by atoms with Crippen LogP contribution >= 0.6 is 26.6 Å². The van der Waals surface area contributed by atoms with Crippen LogP contribution in [-0.2, 0) is 14.8 Å². The summed E-state index contributed by atoms with van der Waals surface area (Å²) < 4.78 is 27.5. The molecular formula is C9H10BrClO4S. The summed E-state index contributed by atoms with van der Waals surface area (Å²) in [5, 5.41) is 9.84. The molecule has 0 spiro atoms. The first kappa shape index (κ1) is 13.6. The van der Waals surface area contributed by atoms with E-state index in [4.69, 9.17) is 15.4 Å². The lowest BCUT2D eigenvalue weighted by Crippen LogP contribution is -2.00. The van der Waals surface area contributed by atoms with E-state index in [1.807, 2.05) is 0 Å². The van der Waals surface area contributed by atoms with Crippen LogP contribution < -0.4 is 4.74 Å². The number of ether oxygens (including phenoxy) is 1. The maximum absolute atomic E-state index is 11.0. The highest BCUT2D eigenvalue weighted by molar-refractivity contribution is 9.10. The molecule has 0 aliphatic carbocycles. The van der Waals surface area contributed by atoms with Crippen molar-refractivity contribution in [3.63, 3.8) is 0 Å². The van der Waals surface area contributed by atoms with Crippen molar-refractivity contribution in [3.05, 3.63) is 21.7 Å². The molecule has 1 aromatic rings. The van der Waals surface area contributed by atoms with E-state index in [1.54, 1.807) is 13.0 Å². The molecule has 0 aromatic heterocycles. The third kappa shape index (κ3) is 3.02. The number of methoxy groups -OCH3 is 1. The van der Waals surface area contributed by atoms with Crippen LogP contribution in [0.15, 0.2) is 10.5 Å². The van der Waals surface area contributed by atoms with Gasteiger partial charge in [0.2, 0.25) is 9.05 Å². The van der Waals surface area contributed by atoms with E-state index in [1.165, 1.54) is 7.11 Å². The Morgan fingerprint density at radius 2 is 2.12 bits per heavy atom. The maximum atomic E-state index is 11.0. The number of rotatable bonds is 3. The first-order valence-electron chi connectivity index (χ1n) is 4.23. The molecule has 0 fully saturated rings. The molecule has 0 aliphatic rings. The summed E-state index contributed by atoms with van der Waals surface area (Å²) in [5.41, 5.74) is 0.865. The fourth-order valence-corrected chi connectivity index (χ4v) is 3.06. The van der Waals surface area contributed by atoms with E-state index < -0.39 is 14.8 Å². The molecule has 0 amide bonds. The number of halogens is 2. The standard InChI is InChI=1S/C9H10BrClO4S/c1-5-3-7(10)9(15-2)8(12)6(5)4-16(11,13)14/h3,12H,4H2,1-2H3. The van der Waals surface area contributed by atoms with Gasteiger partial charge in [0.25, 0.3) is 0 Å². The molecule has 7 heteroatoms. The second kappa shape index (κ2) is 4.81. The molecule has 0 aliphatic heterocycles. The Balaban J connectivity index is 3.40. The number of aryl methyl sites for hydroxylation is 1. The van der Waals surface area contributed by atoms with Crippen molar-refractivity contribution in [1.29, 1.82) is 0 Å². The molecule has 16 heavy (non-hydrogen) atoms. The minimum atomic E-state index is -3.72. The van der Waals surface area contributed by atoms with Gasteiger partial charge >= 0.3 is 0 Å². The first-order valence-corrected chi connectivity index (χ1v) is 7.50. The van der Waals surface area contributed by atoms with Crippen LogP contribution in [0.4, 0.5) is 0 Å². The van der Waals surface area contributed by atoms with Crippen molar-refractivity contribution in [2.45, 2.75) is 12.7 Å². The van der Waals surface area contributed by atoms with Crippen LogP contribution in [0.25, 0.3) is 0 Å². The van der Waals surface area contributed by atoms with E-state index in [0.717, 1.165) is 0 Å². The molecule has 0 heterocycles. The fourth-order valence-electron chi connectivity index (χ4n) is 1.33. The fraction of sp³-hybridized carbons (Fsp3) is 0.333. The van der Waals surface area contributed by atoms with Gasteiger partial charge in [-0.1, -0.05) is 0 Å². The Bertz CT molecular complexity index is 513. The lowest BCUT2D eigenvalue weighted by atomic mass is 10.1. The van der Waals surface area contributed by atoms with E-state index >= 15 is 0 Å². The smallest absolute Gasteiger partial charge is 0.236 e. The average Bonchev–Trinajstić information content (AvgIpc) is 2.11. The molecule has 1 rings (SSSR count). The van der Waals surface area contributed by atoms with Crippen LogP contribution in [0, 0.1) is 6.92 Å². The van der Waals surface area contributed by atoms with Gasteiger partial charge in [-0.25, -0.2) is 8.42 Å². The topological polar surface area (TPSA) is 63.6 Å². The number of phenolic OH excluding ortho intramolecular Hbond substituents is 1. The Hall–Kier alpha value is -0.460. The summed E-state index contributed by atoms with van der Waals surface area (Å²) in [6.45, 7) is 1.68. The molecule has 0 saturated heterocycles. The highest BCUT2D eigenvalue weighted by atomic mass is 79.9. The number of benzene rings is 1. The van der Waals surface area contributed by atoms with Crippen molar-refractivity contribution < 1.29 is 18.3 Å². The number of phenols is 1. The Kier molecular flexibility index (Phi) is 4.09. The first-order chi connectivity index (χ1) is 7.26. The molecule has 4 nitrogen and oxygen atoms in total. The number of hydrogen-bond acceptors (Lipinski definition) is 4. The molecule has 0 atom stereocenters. The minimum Gasteiger partial charge on any atom is -0.504 e. The summed E-state index contributed by atoms with van der Waals surface area (Å²) >= 11 is 3.20. The highest BCUT2D eigenvalue weighted by Crippen LogP contribution is 2.40. The molecule has 90 valence electrons. The van der Waals surface area contributed by atoms with Gasteiger partial charge in [-0.3, -0.25) is 0 Å². The predicted molar refractivity (Wildman–Crippen MR) is 65.6 cm³/mol. The number of aromatic hydroxyl groups is 1. The van der Waals surface area contributed by atoms with Crippen molar-refractivity contribution in [3.8, 4) is 11.5 Å². The van der Waals surface area contributed by atoms with Crippen molar-refractivity contribution in [2.24, 2.45) is 0 Å². The van der Waals surface area contributed by atoms with Crippen molar-refractivity contribution in [1.82, 2.24) is 0 Å². The van der Waals surface area contributed by atoms with Crippen molar-refractivity contribution in [2.75, 3.05) is 7.11 Å². The lowest BCUT2D eigenvalue weighted by molar-refractivity contribution is 0.368. The monoisotopic (exact) mass is 328 g/mol. The second-order valence-electron chi connectivity index (χ2n) is 3.22. The molecule has 1 aromatic carbocycles. The lowest BCUT2D eigenvalue weighted by Gasteiger charge is -2.12. The van der Waals surface area contributed by atoms with Crippen LogP contribution in [0.2, 0.25) is 0 Å². The van der Waals surface area contributed by atoms with Gasteiger partial charge in [-0.15, -0.1) is 0 Å². The van der Waals surface area contributed by atoms with Crippen LogP contribution in [0.1, 0.15) is 11.1 Å². The van der Waals surface area contributed by atoms with Gasteiger partial charge < -0.3 is 9.84 Å². The van der Waals surface area contributed by atoms with E-state index in [2.05, 4.69) is 15.9 Å². The molecule has 0 saturated carbocycles. The van der Waals surface area contributed by atoms with Gasteiger partial charge in [0.05, 0.1) is 17.3 Å². The van der Waals surface area contributed by atoms with Crippen LogP contribution in [0.3, 0.4) is 0 Å². The van der Waals surface area contributed by atoms with Crippen molar-refractivity contribution >= 4 is 35.7 Å². The average molecular weight is 330 g/mol. The van der Waals surface area contributed by atoms with Gasteiger partial charge in [-0.05, 0) is 34.5 Å². The van der Waals surface area contributed by atoms with E-state index in [-0.39, 0.29) is 17.1 Å². The Morgan fingerprint density at radius 3 is 2.56 bits per heavy atom. The molecular weight excluding hydrogens is 320 g/mol. The zero-order chi connectivity index (χ0) is 12.5. The Labute approximate surface area is 107 Å².